The van der Waals surface area contributed by atoms with Crippen molar-refractivity contribution in [2.24, 2.45) is 5.73 Å². The fourth-order valence-corrected chi connectivity index (χ4v) is 3.13. The highest BCUT2D eigenvalue weighted by atomic mass is 19.1. The molecule has 0 bridgehead atoms. The number of carbonyl (C=O) groups excluding carboxylic acids is 2. The Labute approximate surface area is 157 Å². The number of H-pyrrole nitrogens is 1. The van der Waals surface area contributed by atoms with Crippen LogP contribution in [0, 0.1) is 5.82 Å². The summed E-state index contributed by atoms with van der Waals surface area (Å²) < 4.78 is 18.7. The molecule has 1 fully saturated rings. The van der Waals surface area contributed by atoms with Crippen LogP contribution in [0.15, 0.2) is 24.3 Å². The van der Waals surface area contributed by atoms with Crippen LogP contribution in [0.25, 0.3) is 10.9 Å². The fraction of sp³-hybridized carbons (Fsp3) is 0.474. The zero-order valence-electron chi connectivity index (χ0n) is 15.7. The van der Waals surface area contributed by atoms with E-state index >= 15 is 0 Å². The van der Waals surface area contributed by atoms with E-state index in [1.54, 1.807) is 17.0 Å². The Hall–Kier alpha value is -2.61. The summed E-state index contributed by atoms with van der Waals surface area (Å²) in [6, 6.07) is 5.23. The van der Waals surface area contributed by atoms with E-state index in [9.17, 15) is 14.0 Å². The van der Waals surface area contributed by atoms with E-state index in [1.807, 2.05) is 20.8 Å². The molecule has 0 aliphatic carbocycles. The number of benzene rings is 1. The van der Waals surface area contributed by atoms with Crippen LogP contribution >= 0.6 is 0 Å². The van der Waals surface area contributed by atoms with Crippen molar-refractivity contribution >= 4 is 22.9 Å². The first-order valence-corrected chi connectivity index (χ1v) is 8.95. The molecule has 2 amide bonds. The van der Waals surface area contributed by atoms with E-state index in [4.69, 9.17) is 10.5 Å². The van der Waals surface area contributed by atoms with Gasteiger partial charge < -0.3 is 25.7 Å². The van der Waals surface area contributed by atoms with Gasteiger partial charge in [-0.2, -0.15) is 0 Å². The molecule has 8 heteroatoms. The Balaban J connectivity index is 1.61. The Morgan fingerprint density at radius 3 is 2.74 bits per heavy atom. The van der Waals surface area contributed by atoms with Crippen LogP contribution in [0.3, 0.4) is 0 Å². The summed E-state index contributed by atoms with van der Waals surface area (Å²) in [5.41, 5.74) is 6.63. The maximum Gasteiger partial charge on any atom is 0.410 e. The first-order chi connectivity index (χ1) is 12.6. The maximum atomic E-state index is 13.3. The molecule has 3 rings (SSSR count). The molecule has 0 saturated carbocycles. The summed E-state index contributed by atoms with van der Waals surface area (Å²) in [7, 11) is 0. The third kappa shape index (κ3) is 4.57. The first kappa shape index (κ1) is 19.2. The van der Waals surface area contributed by atoms with Gasteiger partial charge in [0, 0.05) is 36.1 Å². The van der Waals surface area contributed by atoms with Gasteiger partial charge in [0.25, 0.3) is 5.91 Å². The number of aromatic nitrogens is 1. The molecular weight excluding hydrogens is 351 g/mol. The second kappa shape index (κ2) is 7.19. The van der Waals surface area contributed by atoms with Crippen LogP contribution in [0.2, 0.25) is 0 Å². The van der Waals surface area contributed by atoms with E-state index < -0.39 is 17.7 Å². The average molecular weight is 376 g/mol. The number of amides is 2. The van der Waals surface area contributed by atoms with Gasteiger partial charge in [0.15, 0.2) is 0 Å². The highest BCUT2D eigenvalue weighted by molar-refractivity contribution is 5.98. The number of hydrogen-bond donors (Lipinski definition) is 3. The van der Waals surface area contributed by atoms with Crippen molar-refractivity contribution < 1.29 is 18.7 Å². The third-order valence-electron chi connectivity index (χ3n) is 4.45. The van der Waals surface area contributed by atoms with Gasteiger partial charge in [0.05, 0.1) is 0 Å². The van der Waals surface area contributed by atoms with E-state index in [2.05, 4.69) is 10.3 Å². The lowest BCUT2D eigenvalue weighted by Gasteiger charge is -2.37. The molecule has 2 atom stereocenters. The van der Waals surface area contributed by atoms with E-state index in [0.717, 1.165) is 0 Å². The van der Waals surface area contributed by atoms with Crippen LogP contribution < -0.4 is 11.1 Å². The second-order valence-electron chi connectivity index (χ2n) is 7.87. The SMILES string of the molecule is CC(C)(C)OC(=O)N1CCC(NC(=O)c2cc3cc(F)ccc3[nH]2)C(N)C1. The number of fused-ring (bicyclic) bond motifs is 1. The molecule has 27 heavy (non-hydrogen) atoms. The number of nitrogens with zero attached hydrogens (tertiary/aromatic N) is 1. The molecule has 1 saturated heterocycles. The number of hydrogen-bond acceptors (Lipinski definition) is 4. The first-order valence-electron chi connectivity index (χ1n) is 8.95. The molecule has 1 aromatic carbocycles. The third-order valence-corrected chi connectivity index (χ3v) is 4.45. The van der Waals surface area contributed by atoms with Crippen molar-refractivity contribution in [2.45, 2.75) is 44.9 Å². The van der Waals surface area contributed by atoms with Gasteiger partial charge in [0.2, 0.25) is 0 Å². The largest absolute Gasteiger partial charge is 0.444 e. The number of ether oxygens (including phenoxy) is 1. The van der Waals surface area contributed by atoms with Gasteiger partial charge in [-0.25, -0.2) is 9.18 Å². The maximum absolute atomic E-state index is 13.3. The molecular formula is C19H25FN4O3. The summed E-state index contributed by atoms with van der Waals surface area (Å²) in [6.07, 6.45) is 0.126. The fourth-order valence-electron chi connectivity index (χ4n) is 3.13. The van der Waals surface area contributed by atoms with Crippen LogP contribution in [0.4, 0.5) is 9.18 Å². The summed E-state index contributed by atoms with van der Waals surface area (Å²) in [5.74, 6) is -0.664. The molecule has 4 N–H and O–H groups in total. The quantitative estimate of drug-likeness (QED) is 0.749. The number of nitrogens with two attached hydrogens (primary N) is 1. The van der Waals surface area contributed by atoms with Crippen LogP contribution in [0.1, 0.15) is 37.7 Å². The highest BCUT2D eigenvalue weighted by Crippen LogP contribution is 2.18. The smallest absolute Gasteiger partial charge is 0.410 e. The molecule has 2 heterocycles. The Bertz CT molecular complexity index is 858. The summed E-state index contributed by atoms with van der Waals surface area (Å²) in [4.78, 5) is 29.2. The molecule has 146 valence electrons. The van der Waals surface area contributed by atoms with Crippen LogP contribution in [0.5, 0.6) is 0 Å². The minimum atomic E-state index is -0.568. The van der Waals surface area contributed by atoms with Crippen molar-refractivity contribution in [3.05, 3.63) is 35.8 Å². The van der Waals surface area contributed by atoms with Crippen molar-refractivity contribution in [1.29, 1.82) is 0 Å². The lowest BCUT2D eigenvalue weighted by atomic mass is 10.00. The second-order valence-corrected chi connectivity index (χ2v) is 7.87. The molecule has 2 unspecified atom stereocenters. The van der Waals surface area contributed by atoms with Crippen molar-refractivity contribution in [3.8, 4) is 0 Å². The summed E-state index contributed by atoms with van der Waals surface area (Å²) in [5, 5.41) is 3.53. The predicted molar refractivity (Wildman–Crippen MR) is 99.9 cm³/mol. The van der Waals surface area contributed by atoms with E-state index in [1.165, 1.54) is 12.1 Å². The highest BCUT2D eigenvalue weighted by Gasteiger charge is 2.32. The standard InChI is InChI=1S/C19H25FN4O3/c1-19(2,3)27-18(26)24-7-6-15(13(21)10-24)23-17(25)16-9-11-8-12(20)4-5-14(11)22-16/h4-5,8-9,13,15,22H,6-7,10,21H2,1-3H3,(H,23,25). The number of carbonyl (C=O) groups is 2. The molecule has 0 radical (unpaired) electrons. The summed E-state index contributed by atoms with van der Waals surface area (Å²) in [6.45, 7) is 6.18. The molecule has 7 nitrogen and oxygen atoms in total. The zero-order chi connectivity index (χ0) is 19.8. The Morgan fingerprint density at radius 1 is 1.33 bits per heavy atom. The zero-order valence-corrected chi connectivity index (χ0v) is 15.7. The predicted octanol–water partition coefficient (Wildman–Crippen LogP) is 2.37. The molecule has 2 aromatic rings. The van der Waals surface area contributed by atoms with Gasteiger partial charge in [-0.05, 0) is 51.5 Å². The number of likely N-dealkylation sites (tertiary alicyclic amines) is 1. The van der Waals surface area contributed by atoms with Crippen molar-refractivity contribution in [1.82, 2.24) is 15.2 Å². The number of aromatic amines is 1. The van der Waals surface area contributed by atoms with Crippen LogP contribution in [-0.2, 0) is 4.74 Å². The topological polar surface area (TPSA) is 100 Å². The number of piperidine rings is 1. The molecule has 1 aliphatic rings. The van der Waals surface area contributed by atoms with E-state index in [-0.39, 0.29) is 17.8 Å². The van der Waals surface area contributed by atoms with Crippen molar-refractivity contribution in [2.75, 3.05) is 13.1 Å². The molecule has 0 spiro atoms. The van der Waals surface area contributed by atoms with Crippen LogP contribution in [-0.4, -0.2) is 52.7 Å². The minimum Gasteiger partial charge on any atom is -0.444 e. The van der Waals surface area contributed by atoms with Crippen molar-refractivity contribution in [3.63, 3.8) is 0 Å². The average Bonchev–Trinajstić information content (AvgIpc) is 2.98. The Morgan fingerprint density at radius 2 is 2.07 bits per heavy atom. The lowest BCUT2D eigenvalue weighted by Crippen LogP contribution is -2.59. The number of rotatable bonds is 2. The lowest BCUT2D eigenvalue weighted by molar-refractivity contribution is 0.0179. The van der Waals surface area contributed by atoms with Gasteiger partial charge in [-0.3, -0.25) is 4.79 Å². The van der Waals surface area contributed by atoms with Gasteiger partial charge >= 0.3 is 6.09 Å². The normalized spacial score (nSPS) is 20.6. The van der Waals surface area contributed by atoms with Gasteiger partial charge in [0.1, 0.15) is 17.1 Å². The molecule has 1 aromatic heterocycles. The monoisotopic (exact) mass is 376 g/mol. The number of halogens is 1. The number of nitrogens with one attached hydrogen (secondary N) is 2. The van der Waals surface area contributed by atoms with Gasteiger partial charge in [-0.1, -0.05) is 0 Å². The van der Waals surface area contributed by atoms with Gasteiger partial charge in [-0.15, -0.1) is 0 Å². The summed E-state index contributed by atoms with van der Waals surface area (Å²) >= 11 is 0. The Kier molecular flexibility index (Phi) is 5.10. The minimum absolute atomic E-state index is 0.265. The molecule has 1 aliphatic heterocycles. The van der Waals surface area contributed by atoms with E-state index in [0.29, 0.717) is 36.1 Å².